The number of ketones is 1. The Hall–Kier alpha value is -2.61. The van der Waals surface area contributed by atoms with Crippen molar-refractivity contribution < 1.29 is 22.8 Å². The fourth-order valence-electron chi connectivity index (χ4n) is 2.25. The number of carbonyl (C=O) groups excluding carboxylic acids is 2. The van der Waals surface area contributed by atoms with Gasteiger partial charge in [-0.2, -0.15) is 13.2 Å². The van der Waals surface area contributed by atoms with Crippen molar-refractivity contribution in [3.63, 3.8) is 0 Å². The van der Waals surface area contributed by atoms with Crippen molar-refractivity contribution in [1.29, 1.82) is 0 Å². The summed E-state index contributed by atoms with van der Waals surface area (Å²) >= 11 is 5.75. The highest BCUT2D eigenvalue weighted by atomic mass is 35.5. The third-order valence-corrected chi connectivity index (χ3v) is 3.85. The monoisotopic (exact) mass is 399 g/mol. The van der Waals surface area contributed by atoms with Crippen LogP contribution in [0.1, 0.15) is 28.8 Å². The molecule has 0 saturated carbocycles. The minimum absolute atomic E-state index is 0.0150. The number of amides is 1. The predicted octanol–water partition coefficient (Wildman–Crippen LogP) is 3.95. The first-order chi connectivity index (χ1) is 12.8. The number of anilines is 1. The lowest BCUT2D eigenvalue weighted by Gasteiger charge is -2.13. The average molecular weight is 400 g/mol. The summed E-state index contributed by atoms with van der Waals surface area (Å²) in [5, 5.41) is 5.60. The second-order valence-corrected chi connectivity index (χ2v) is 6.04. The minimum atomic E-state index is -4.51. The Morgan fingerprint density at radius 3 is 2.41 bits per heavy atom. The number of Topliss-reactive ketones (excluding diaryl/α,β-unsaturated/α-hetero) is 1. The van der Waals surface area contributed by atoms with Crippen molar-refractivity contribution in [2.75, 3.05) is 18.4 Å². The highest BCUT2D eigenvalue weighted by Crippen LogP contribution is 2.33. The van der Waals surface area contributed by atoms with Crippen molar-refractivity contribution in [2.45, 2.75) is 19.0 Å². The Kier molecular flexibility index (Phi) is 7.18. The number of carbonyl (C=O) groups is 2. The topological polar surface area (TPSA) is 71.1 Å². The van der Waals surface area contributed by atoms with Crippen LogP contribution in [-0.4, -0.2) is 29.8 Å². The van der Waals surface area contributed by atoms with Gasteiger partial charge in [-0.25, -0.2) is 4.98 Å². The number of pyridine rings is 1. The van der Waals surface area contributed by atoms with Crippen LogP contribution in [0.15, 0.2) is 42.6 Å². The molecule has 144 valence electrons. The highest BCUT2D eigenvalue weighted by Gasteiger charge is 2.33. The number of hydrogen-bond donors (Lipinski definition) is 2. The molecule has 0 unspecified atom stereocenters. The molecule has 0 saturated heterocycles. The van der Waals surface area contributed by atoms with Crippen LogP contribution in [-0.2, 0) is 11.0 Å². The maximum Gasteiger partial charge on any atom is 0.419 e. The first-order valence-electron chi connectivity index (χ1n) is 8.09. The van der Waals surface area contributed by atoms with E-state index in [4.69, 9.17) is 11.6 Å². The van der Waals surface area contributed by atoms with Crippen LogP contribution in [0.25, 0.3) is 0 Å². The molecule has 2 N–H and O–H groups in total. The summed E-state index contributed by atoms with van der Waals surface area (Å²) < 4.78 is 38.5. The molecule has 1 heterocycles. The fraction of sp³-hybridized carbons (Fsp3) is 0.278. The molecule has 0 atom stereocenters. The van der Waals surface area contributed by atoms with E-state index in [1.165, 1.54) is 12.3 Å². The summed E-state index contributed by atoms with van der Waals surface area (Å²) in [6, 6.07) is 8.47. The summed E-state index contributed by atoms with van der Waals surface area (Å²) in [6.45, 7) is 0.165. The van der Waals surface area contributed by atoms with Crippen molar-refractivity contribution in [3.05, 3.63) is 58.7 Å². The van der Waals surface area contributed by atoms with Crippen molar-refractivity contribution in [3.8, 4) is 0 Å². The molecule has 1 aromatic carbocycles. The zero-order valence-corrected chi connectivity index (χ0v) is 14.9. The molecular weight excluding hydrogens is 383 g/mol. The van der Waals surface area contributed by atoms with E-state index in [0.29, 0.717) is 10.6 Å². The molecule has 0 bridgehead atoms. The number of halogens is 4. The largest absolute Gasteiger partial charge is 0.419 e. The molecule has 9 heteroatoms. The van der Waals surface area contributed by atoms with Crippen molar-refractivity contribution >= 4 is 29.1 Å². The zero-order valence-electron chi connectivity index (χ0n) is 14.1. The molecule has 0 radical (unpaired) electrons. The Labute approximate surface area is 158 Å². The van der Waals surface area contributed by atoms with E-state index in [1.807, 2.05) is 0 Å². The van der Waals surface area contributed by atoms with Crippen LogP contribution >= 0.6 is 11.6 Å². The quantitative estimate of drug-likeness (QED) is 0.521. The van der Waals surface area contributed by atoms with Gasteiger partial charge >= 0.3 is 6.18 Å². The third kappa shape index (κ3) is 6.56. The van der Waals surface area contributed by atoms with E-state index in [2.05, 4.69) is 15.6 Å². The van der Waals surface area contributed by atoms with Crippen LogP contribution in [0.4, 0.5) is 19.0 Å². The number of hydrogen-bond acceptors (Lipinski definition) is 4. The molecule has 5 nitrogen and oxygen atoms in total. The highest BCUT2D eigenvalue weighted by molar-refractivity contribution is 6.30. The van der Waals surface area contributed by atoms with Crippen LogP contribution in [0.3, 0.4) is 0 Å². The van der Waals surface area contributed by atoms with Gasteiger partial charge in [-0.1, -0.05) is 11.6 Å². The molecule has 0 spiro atoms. The summed E-state index contributed by atoms with van der Waals surface area (Å²) in [6.07, 6.45) is -3.25. The number of benzene rings is 1. The summed E-state index contributed by atoms with van der Waals surface area (Å²) in [5.41, 5.74) is -0.409. The van der Waals surface area contributed by atoms with Gasteiger partial charge in [0.25, 0.3) is 0 Å². The van der Waals surface area contributed by atoms with Crippen LogP contribution in [0.5, 0.6) is 0 Å². The molecule has 27 heavy (non-hydrogen) atoms. The zero-order chi connectivity index (χ0) is 19.9. The van der Waals surface area contributed by atoms with Gasteiger partial charge in [-0.3, -0.25) is 9.59 Å². The summed E-state index contributed by atoms with van der Waals surface area (Å²) in [5.74, 6) is -0.850. The van der Waals surface area contributed by atoms with E-state index < -0.39 is 11.7 Å². The Morgan fingerprint density at radius 1 is 1.04 bits per heavy atom. The summed E-state index contributed by atoms with van der Waals surface area (Å²) in [7, 11) is 0. The van der Waals surface area contributed by atoms with Gasteiger partial charge < -0.3 is 10.6 Å². The van der Waals surface area contributed by atoms with Gasteiger partial charge in [0.05, 0.1) is 5.56 Å². The molecule has 0 aliphatic carbocycles. The Morgan fingerprint density at radius 2 is 1.74 bits per heavy atom. The van der Waals surface area contributed by atoms with Gasteiger partial charge in [0, 0.05) is 42.7 Å². The fourth-order valence-corrected chi connectivity index (χ4v) is 2.38. The van der Waals surface area contributed by atoms with Crippen LogP contribution < -0.4 is 10.6 Å². The number of rotatable bonds is 8. The molecule has 2 aromatic rings. The second kappa shape index (κ2) is 9.36. The molecular formula is C18H17ClF3N3O2. The molecule has 1 aromatic heterocycles. The minimum Gasteiger partial charge on any atom is -0.368 e. The number of nitrogens with one attached hydrogen (secondary N) is 2. The van der Waals surface area contributed by atoms with Crippen molar-refractivity contribution in [2.24, 2.45) is 0 Å². The maximum absolute atomic E-state index is 12.8. The van der Waals surface area contributed by atoms with Gasteiger partial charge in [0.15, 0.2) is 5.78 Å². The number of alkyl halides is 3. The van der Waals surface area contributed by atoms with Gasteiger partial charge in [0.1, 0.15) is 5.82 Å². The molecule has 2 rings (SSSR count). The van der Waals surface area contributed by atoms with Gasteiger partial charge in [-0.05, 0) is 36.4 Å². The Balaban J connectivity index is 1.72. The third-order valence-electron chi connectivity index (χ3n) is 3.60. The summed E-state index contributed by atoms with van der Waals surface area (Å²) in [4.78, 5) is 27.4. The lowest BCUT2D eigenvalue weighted by molar-refractivity contribution is -0.137. The number of aromatic nitrogens is 1. The van der Waals surface area contributed by atoms with E-state index in [-0.39, 0.29) is 43.4 Å². The average Bonchev–Trinajstić information content (AvgIpc) is 2.63. The predicted molar refractivity (Wildman–Crippen MR) is 95.8 cm³/mol. The first-order valence-corrected chi connectivity index (χ1v) is 8.46. The first kappa shape index (κ1) is 20.7. The van der Waals surface area contributed by atoms with Crippen LogP contribution in [0.2, 0.25) is 5.02 Å². The molecule has 1 amide bonds. The number of nitrogens with zero attached hydrogens (tertiary/aromatic N) is 1. The SMILES string of the molecule is O=C(CCC(=O)c1ccc(Cl)cc1)NCCNc1ncccc1C(F)(F)F. The van der Waals surface area contributed by atoms with E-state index in [9.17, 15) is 22.8 Å². The standard InChI is InChI=1S/C18H17ClF3N3O2/c19-13-5-3-12(4-6-13)15(26)7-8-16(27)23-10-11-25-17-14(18(20,21)22)2-1-9-24-17/h1-6,9H,7-8,10-11H2,(H,23,27)(H,24,25). The normalized spacial score (nSPS) is 11.1. The lowest BCUT2D eigenvalue weighted by atomic mass is 10.1. The second-order valence-electron chi connectivity index (χ2n) is 5.60. The van der Waals surface area contributed by atoms with Gasteiger partial charge in [-0.15, -0.1) is 0 Å². The van der Waals surface area contributed by atoms with E-state index in [0.717, 1.165) is 6.07 Å². The smallest absolute Gasteiger partial charge is 0.368 e. The van der Waals surface area contributed by atoms with Crippen molar-refractivity contribution in [1.82, 2.24) is 10.3 Å². The Bertz CT molecular complexity index is 795. The van der Waals surface area contributed by atoms with E-state index in [1.54, 1.807) is 24.3 Å². The van der Waals surface area contributed by atoms with Gasteiger partial charge in [0.2, 0.25) is 5.91 Å². The lowest BCUT2D eigenvalue weighted by Crippen LogP contribution is -2.29. The maximum atomic E-state index is 12.8. The molecule has 0 aliphatic rings. The molecule has 0 fully saturated rings. The van der Waals surface area contributed by atoms with Crippen LogP contribution in [0, 0.1) is 0 Å². The molecule has 0 aliphatic heterocycles. The van der Waals surface area contributed by atoms with E-state index >= 15 is 0 Å².